The molecule has 2 aromatic rings. The molecule has 1 fully saturated rings. The van der Waals surface area contributed by atoms with Crippen molar-refractivity contribution in [3.63, 3.8) is 0 Å². The van der Waals surface area contributed by atoms with Crippen molar-refractivity contribution in [3.8, 4) is 0 Å². The third-order valence-electron chi connectivity index (χ3n) is 4.70. The van der Waals surface area contributed by atoms with Gasteiger partial charge in [-0.3, -0.25) is 19.7 Å². The maximum Gasteiger partial charge on any atom is 0.283 e. The maximum atomic E-state index is 12.3. The Hall–Kier alpha value is -2.94. The van der Waals surface area contributed by atoms with Gasteiger partial charge in [-0.05, 0) is 44.0 Å². The average molecular weight is 388 g/mol. The van der Waals surface area contributed by atoms with E-state index in [1.54, 1.807) is 19.1 Å². The van der Waals surface area contributed by atoms with E-state index in [2.05, 4.69) is 10.2 Å². The Morgan fingerprint density at radius 2 is 1.89 bits per heavy atom. The molecule has 0 radical (unpaired) electrons. The minimum atomic E-state index is -0.487. The van der Waals surface area contributed by atoms with Gasteiger partial charge in [-0.25, -0.2) is 0 Å². The topological polar surface area (TPSA) is 119 Å². The second kappa shape index (κ2) is 7.75. The number of amides is 2. The van der Waals surface area contributed by atoms with Crippen LogP contribution in [0.15, 0.2) is 30.3 Å². The normalized spacial score (nSPS) is 14.8. The Kier molecular flexibility index (Phi) is 5.41. The van der Waals surface area contributed by atoms with Crippen LogP contribution in [0.5, 0.6) is 0 Å². The van der Waals surface area contributed by atoms with Gasteiger partial charge in [0, 0.05) is 36.4 Å². The molecule has 1 aliphatic rings. The first kappa shape index (κ1) is 18.8. The van der Waals surface area contributed by atoms with E-state index in [0.717, 1.165) is 43.0 Å². The van der Waals surface area contributed by atoms with E-state index in [-0.39, 0.29) is 23.4 Å². The molecule has 8 nitrogen and oxygen atoms in total. The molecule has 2 amide bonds. The number of hydrogen-bond donors (Lipinski definition) is 2. The number of nitro groups is 1. The lowest BCUT2D eigenvalue weighted by Gasteiger charge is -2.32. The molecular weight excluding hydrogens is 368 g/mol. The highest BCUT2D eigenvalue weighted by molar-refractivity contribution is 7.14. The SMILES string of the molecule is Cc1sc(C(=O)Nc2ccc(N3CCC(C(N)=O)CC3)cc2)cc1[N+](=O)[O-]. The monoisotopic (exact) mass is 388 g/mol. The van der Waals surface area contributed by atoms with Crippen molar-refractivity contribution in [1.82, 2.24) is 0 Å². The first-order valence-corrected chi connectivity index (χ1v) is 9.37. The number of nitrogens with two attached hydrogens (primary N) is 1. The molecular formula is C18H20N4O4S. The Labute approximate surface area is 160 Å². The summed E-state index contributed by atoms with van der Waals surface area (Å²) in [6.07, 6.45) is 1.48. The molecule has 3 N–H and O–H groups in total. The number of anilines is 2. The molecule has 1 aromatic carbocycles. The van der Waals surface area contributed by atoms with E-state index < -0.39 is 4.92 Å². The predicted molar refractivity (Wildman–Crippen MR) is 104 cm³/mol. The van der Waals surface area contributed by atoms with Crippen LogP contribution in [0.1, 0.15) is 27.4 Å². The van der Waals surface area contributed by atoms with Crippen LogP contribution in [-0.2, 0) is 4.79 Å². The number of nitrogens with one attached hydrogen (secondary N) is 1. The van der Waals surface area contributed by atoms with E-state index in [4.69, 9.17) is 5.73 Å². The number of primary amides is 1. The standard InChI is InChI=1S/C18H20N4O4S/c1-11-15(22(25)26)10-16(27-11)18(24)20-13-2-4-14(5-3-13)21-8-6-12(7-9-21)17(19)23/h2-5,10,12H,6-9H2,1H3,(H2,19,23)(H,20,24). The third kappa shape index (κ3) is 4.25. The fourth-order valence-corrected chi connectivity index (χ4v) is 4.02. The first-order chi connectivity index (χ1) is 12.8. The van der Waals surface area contributed by atoms with Crippen molar-refractivity contribution in [1.29, 1.82) is 0 Å². The van der Waals surface area contributed by atoms with E-state index >= 15 is 0 Å². The van der Waals surface area contributed by atoms with Crippen molar-refractivity contribution < 1.29 is 14.5 Å². The van der Waals surface area contributed by atoms with Gasteiger partial charge >= 0.3 is 0 Å². The lowest BCUT2D eigenvalue weighted by Crippen LogP contribution is -2.38. The number of aryl methyl sites for hydroxylation is 1. The molecule has 0 saturated carbocycles. The Bertz CT molecular complexity index is 870. The van der Waals surface area contributed by atoms with Crippen molar-refractivity contribution >= 4 is 40.2 Å². The van der Waals surface area contributed by atoms with Crippen LogP contribution in [0.4, 0.5) is 17.1 Å². The van der Waals surface area contributed by atoms with Gasteiger partial charge < -0.3 is 16.0 Å². The molecule has 0 unspecified atom stereocenters. The second-order valence-corrected chi connectivity index (χ2v) is 7.73. The van der Waals surface area contributed by atoms with Crippen molar-refractivity contribution in [3.05, 3.63) is 50.2 Å². The quantitative estimate of drug-likeness (QED) is 0.603. The summed E-state index contributed by atoms with van der Waals surface area (Å²) in [7, 11) is 0. The summed E-state index contributed by atoms with van der Waals surface area (Å²) in [5, 5.41) is 13.7. The predicted octanol–water partition coefficient (Wildman–Crippen LogP) is 2.92. The molecule has 0 spiro atoms. The number of rotatable bonds is 5. The molecule has 0 atom stereocenters. The van der Waals surface area contributed by atoms with Crippen molar-refractivity contribution in [2.75, 3.05) is 23.3 Å². The summed E-state index contributed by atoms with van der Waals surface area (Å²) < 4.78 is 0. The van der Waals surface area contributed by atoms with Gasteiger partial charge in [0.2, 0.25) is 5.91 Å². The largest absolute Gasteiger partial charge is 0.371 e. The zero-order chi connectivity index (χ0) is 19.6. The summed E-state index contributed by atoms with van der Waals surface area (Å²) in [5.41, 5.74) is 6.94. The number of hydrogen-bond acceptors (Lipinski definition) is 6. The molecule has 3 rings (SSSR count). The zero-order valence-electron chi connectivity index (χ0n) is 14.8. The van der Waals surface area contributed by atoms with Crippen LogP contribution in [-0.4, -0.2) is 29.8 Å². The summed E-state index contributed by atoms with van der Waals surface area (Å²) in [5.74, 6) is -0.666. The second-order valence-electron chi connectivity index (χ2n) is 6.47. The van der Waals surface area contributed by atoms with Gasteiger partial charge in [0.1, 0.15) is 0 Å². The summed E-state index contributed by atoms with van der Waals surface area (Å²) in [6.45, 7) is 3.14. The van der Waals surface area contributed by atoms with Gasteiger partial charge in [0.15, 0.2) is 0 Å². The summed E-state index contributed by atoms with van der Waals surface area (Å²) in [4.78, 5) is 37.0. The molecule has 2 heterocycles. The van der Waals surface area contributed by atoms with Crippen LogP contribution in [0, 0.1) is 23.0 Å². The number of benzene rings is 1. The number of carbonyl (C=O) groups is 2. The Morgan fingerprint density at radius 1 is 1.26 bits per heavy atom. The van der Waals surface area contributed by atoms with Crippen LogP contribution in [0.25, 0.3) is 0 Å². The zero-order valence-corrected chi connectivity index (χ0v) is 15.6. The number of thiophene rings is 1. The molecule has 0 bridgehead atoms. The lowest BCUT2D eigenvalue weighted by atomic mass is 9.96. The van der Waals surface area contributed by atoms with Gasteiger partial charge in [0.25, 0.3) is 11.6 Å². The molecule has 9 heteroatoms. The van der Waals surface area contributed by atoms with E-state index in [0.29, 0.717) is 15.4 Å². The Morgan fingerprint density at radius 3 is 2.41 bits per heavy atom. The van der Waals surface area contributed by atoms with Crippen LogP contribution in [0.3, 0.4) is 0 Å². The summed E-state index contributed by atoms with van der Waals surface area (Å²) in [6, 6.07) is 8.70. The van der Waals surface area contributed by atoms with Crippen LogP contribution < -0.4 is 16.0 Å². The number of nitrogens with zero attached hydrogens (tertiary/aromatic N) is 2. The number of piperidine rings is 1. The minimum Gasteiger partial charge on any atom is -0.371 e. The maximum absolute atomic E-state index is 12.3. The average Bonchev–Trinajstić information content (AvgIpc) is 3.05. The van der Waals surface area contributed by atoms with Gasteiger partial charge in [-0.2, -0.15) is 0 Å². The smallest absolute Gasteiger partial charge is 0.283 e. The molecule has 0 aliphatic carbocycles. The van der Waals surface area contributed by atoms with E-state index in [1.807, 2.05) is 12.1 Å². The van der Waals surface area contributed by atoms with Crippen molar-refractivity contribution in [2.24, 2.45) is 11.7 Å². The summed E-state index contributed by atoms with van der Waals surface area (Å²) >= 11 is 1.10. The van der Waals surface area contributed by atoms with Crippen LogP contribution in [0.2, 0.25) is 0 Å². The third-order valence-corrected chi connectivity index (χ3v) is 5.74. The Balaban J connectivity index is 1.62. The highest BCUT2D eigenvalue weighted by Crippen LogP contribution is 2.29. The molecule has 142 valence electrons. The van der Waals surface area contributed by atoms with Crippen molar-refractivity contribution in [2.45, 2.75) is 19.8 Å². The van der Waals surface area contributed by atoms with E-state index in [1.165, 1.54) is 6.07 Å². The van der Waals surface area contributed by atoms with E-state index in [9.17, 15) is 19.7 Å². The minimum absolute atomic E-state index is 0.0418. The fraction of sp³-hybridized carbons (Fsp3) is 0.333. The molecule has 27 heavy (non-hydrogen) atoms. The van der Waals surface area contributed by atoms with Gasteiger partial charge in [0.05, 0.1) is 14.7 Å². The van der Waals surface area contributed by atoms with Crippen LogP contribution >= 0.6 is 11.3 Å². The number of carbonyl (C=O) groups excluding carboxylic acids is 2. The highest BCUT2D eigenvalue weighted by atomic mass is 32.1. The lowest BCUT2D eigenvalue weighted by molar-refractivity contribution is -0.385. The van der Waals surface area contributed by atoms with Gasteiger partial charge in [-0.15, -0.1) is 11.3 Å². The molecule has 1 aromatic heterocycles. The first-order valence-electron chi connectivity index (χ1n) is 8.55. The molecule has 1 saturated heterocycles. The van der Waals surface area contributed by atoms with Gasteiger partial charge in [-0.1, -0.05) is 0 Å². The molecule has 1 aliphatic heterocycles. The highest BCUT2D eigenvalue weighted by Gasteiger charge is 2.23. The fourth-order valence-electron chi connectivity index (χ4n) is 3.14.